The molecule has 3 atom stereocenters. The van der Waals surface area contributed by atoms with Crippen LogP contribution in [0.4, 0.5) is 5.69 Å². The summed E-state index contributed by atoms with van der Waals surface area (Å²) in [5.41, 5.74) is 2.02. The number of imide groups is 1. The molecule has 0 spiro atoms. The van der Waals surface area contributed by atoms with Crippen LogP contribution in [0.2, 0.25) is 0 Å². The molecule has 5 heteroatoms. The molecule has 2 fully saturated rings. The van der Waals surface area contributed by atoms with Crippen LogP contribution < -0.4 is 4.90 Å². The van der Waals surface area contributed by atoms with E-state index in [4.69, 9.17) is 4.74 Å². The van der Waals surface area contributed by atoms with Crippen molar-refractivity contribution < 1.29 is 19.1 Å². The van der Waals surface area contributed by atoms with Crippen molar-refractivity contribution in [1.29, 1.82) is 0 Å². The molecular formula is C23H23NO4. The topological polar surface area (TPSA) is 63.7 Å². The number of carbonyl (C=O) groups is 3. The van der Waals surface area contributed by atoms with E-state index in [0.29, 0.717) is 30.0 Å². The number of rotatable bonds is 4. The normalized spacial score (nSPS) is 24.2. The lowest BCUT2D eigenvalue weighted by Gasteiger charge is -2.28. The molecule has 4 rings (SSSR count). The predicted molar refractivity (Wildman–Crippen MR) is 105 cm³/mol. The van der Waals surface area contributed by atoms with Crippen molar-refractivity contribution in [3.05, 3.63) is 65.7 Å². The first-order valence-electron chi connectivity index (χ1n) is 9.80. The maximum atomic E-state index is 13.1. The Hall–Kier alpha value is -2.95. The fourth-order valence-electron chi connectivity index (χ4n) is 4.45. The third-order valence-corrected chi connectivity index (χ3v) is 5.81. The van der Waals surface area contributed by atoms with Gasteiger partial charge in [-0.15, -0.1) is 0 Å². The molecule has 1 aliphatic heterocycles. The Balaban J connectivity index is 1.58. The summed E-state index contributed by atoms with van der Waals surface area (Å²) in [6, 6.07) is 16.8. The van der Waals surface area contributed by atoms with E-state index in [-0.39, 0.29) is 30.3 Å². The van der Waals surface area contributed by atoms with Crippen molar-refractivity contribution in [3.8, 4) is 0 Å². The van der Waals surface area contributed by atoms with Gasteiger partial charge in [-0.2, -0.15) is 0 Å². The van der Waals surface area contributed by atoms with Crippen molar-refractivity contribution in [2.45, 2.75) is 32.1 Å². The predicted octanol–water partition coefficient (Wildman–Crippen LogP) is 3.94. The minimum Gasteiger partial charge on any atom is -0.462 e. The van der Waals surface area contributed by atoms with Gasteiger partial charge in [-0.1, -0.05) is 36.4 Å². The summed E-state index contributed by atoms with van der Waals surface area (Å²) in [7, 11) is 0. The molecule has 2 aromatic carbocycles. The molecule has 1 aliphatic carbocycles. The Kier molecular flexibility index (Phi) is 4.99. The Morgan fingerprint density at radius 2 is 1.75 bits per heavy atom. The van der Waals surface area contributed by atoms with Gasteiger partial charge in [-0.05, 0) is 55.9 Å². The van der Waals surface area contributed by atoms with Gasteiger partial charge in [0.1, 0.15) is 0 Å². The SMILES string of the molecule is CCOC(=O)c1cccc(N2C(=O)[C@@H]3CC[C@@H](c4ccccc4)C[C@H]3C2=O)c1. The second kappa shape index (κ2) is 7.58. The smallest absolute Gasteiger partial charge is 0.338 e. The molecule has 2 aromatic rings. The Bertz CT molecular complexity index is 908. The van der Waals surface area contributed by atoms with Gasteiger partial charge in [-0.3, -0.25) is 14.5 Å². The van der Waals surface area contributed by atoms with E-state index in [1.54, 1.807) is 31.2 Å². The molecule has 0 unspecified atom stereocenters. The van der Waals surface area contributed by atoms with E-state index in [1.807, 2.05) is 18.2 Å². The molecule has 1 heterocycles. The molecule has 144 valence electrons. The van der Waals surface area contributed by atoms with Gasteiger partial charge in [0.05, 0.1) is 29.7 Å². The highest BCUT2D eigenvalue weighted by Crippen LogP contribution is 2.45. The molecule has 2 aliphatic rings. The van der Waals surface area contributed by atoms with Crippen molar-refractivity contribution >= 4 is 23.5 Å². The van der Waals surface area contributed by atoms with E-state index in [9.17, 15) is 14.4 Å². The van der Waals surface area contributed by atoms with Crippen LogP contribution in [0.1, 0.15) is 48.0 Å². The van der Waals surface area contributed by atoms with E-state index in [1.165, 1.54) is 10.5 Å². The molecule has 28 heavy (non-hydrogen) atoms. The number of benzene rings is 2. The lowest BCUT2D eigenvalue weighted by Crippen LogP contribution is -2.31. The molecule has 0 bridgehead atoms. The second-order valence-electron chi connectivity index (χ2n) is 7.42. The van der Waals surface area contributed by atoms with Crippen LogP contribution >= 0.6 is 0 Å². The first kappa shape index (κ1) is 18.4. The fourth-order valence-corrected chi connectivity index (χ4v) is 4.45. The van der Waals surface area contributed by atoms with Gasteiger partial charge in [0.15, 0.2) is 0 Å². The highest BCUT2D eigenvalue weighted by atomic mass is 16.5. The van der Waals surface area contributed by atoms with Crippen molar-refractivity contribution in [1.82, 2.24) is 0 Å². The van der Waals surface area contributed by atoms with Crippen molar-refractivity contribution in [2.75, 3.05) is 11.5 Å². The van der Waals surface area contributed by atoms with E-state index >= 15 is 0 Å². The Morgan fingerprint density at radius 1 is 1.00 bits per heavy atom. The van der Waals surface area contributed by atoms with Gasteiger partial charge >= 0.3 is 5.97 Å². The molecule has 1 saturated carbocycles. The number of anilines is 1. The molecule has 1 saturated heterocycles. The number of nitrogens with zero attached hydrogens (tertiary/aromatic N) is 1. The molecule has 2 amide bonds. The van der Waals surface area contributed by atoms with Crippen LogP contribution in [0.25, 0.3) is 0 Å². The van der Waals surface area contributed by atoms with Gasteiger partial charge in [-0.25, -0.2) is 4.79 Å². The zero-order chi connectivity index (χ0) is 19.7. The van der Waals surface area contributed by atoms with Gasteiger partial charge in [0.2, 0.25) is 11.8 Å². The summed E-state index contributed by atoms with van der Waals surface area (Å²) in [5, 5.41) is 0. The number of esters is 1. The van der Waals surface area contributed by atoms with Crippen LogP contribution in [0, 0.1) is 11.8 Å². The number of fused-ring (bicyclic) bond motifs is 1. The average Bonchev–Trinajstić information content (AvgIpc) is 2.99. The van der Waals surface area contributed by atoms with E-state index in [0.717, 1.165) is 6.42 Å². The molecule has 0 aromatic heterocycles. The van der Waals surface area contributed by atoms with E-state index in [2.05, 4.69) is 12.1 Å². The molecule has 5 nitrogen and oxygen atoms in total. The monoisotopic (exact) mass is 377 g/mol. The first-order valence-corrected chi connectivity index (χ1v) is 9.80. The summed E-state index contributed by atoms with van der Waals surface area (Å²) in [6.45, 7) is 2.01. The number of amides is 2. The Labute approximate surface area is 164 Å². The highest BCUT2D eigenvalue weighted by Gasteiger charge is 2.50. The molecule has 0 N–H and O–H groups in total. The number of hydrogen-bond acceptors (Lipinski definition) is 4. The summed E-state index contributed by atoms with van der Waals surface area (Å²) >= 11 is 0. The summed E-state index contributed by atoms with van der Waals surface area (Å²) < 4.78 is 5.03. The Morgan fingerprint density at radius 3 is 2.50 bits per heavy atom. The van der Waals surface area contributed by atoms with Crippen molar-refractivity contribution in [3.63, 3.8) is 0 Å². The number of ether oxygens (including phenoxy) is 1. The third-order valence-electron chi connectivity index (χ3n) is 5.81. The lowest BCUT2D eigenvalue weighted by molar-refractivity contribution is -0.122. The first-order chi connectivity index (χ1) is 13.6. The zero-order valence-electron chi connectivity index (χ0n) is 15.8. The van der Waals surface area contributed by atoms with Crippen LogP contribution in [0.5, 0.6) is 0 Å². The number of hydrogen-bond donors (Lipinski definition) is 0. The standard InChI is InChI=1S/C23H23NO4/c1-2-28-23(27)17-9-6-10-18(13-17)24-21(25)19-12-11-16(14-20(19)22(24)26)15-7-4-3-5-8-15/h3-10,13,16,19-20H,2,11-12,14H2,1H3/t16-,19-,20-/m1/s1. The van der Waals surface area contributed by atoms with Gasteiger partial charge < -0.3 is 4.74 Å². The van der Waals surface area contributed by atoms with Crippen molar-refractivity contribution in [2.24, 2.45) is 11.8 Å². The zero-order valence-corrected chi connectivity index (χ0v) is 15.8. The lowest BCUT2D eigenvalue weighted by atomic mass is 9.73. The maximum Gasteiger partial charge on any atom is 0.338 e. The van der Waals surface area contributed by atoms with Gasteiger partial charge in [0, 0.05) is 0 Å². The summed E-state index contributed by atoms with van der Waals surface area (Å²) in [4.78, 5) is 39.4. The highest BCUT2D eigenvalue weighted by molar-refractivity contribution is 6.22. The summed E-state index contributed by atoms with van der Waals surface area (Å²) in [5.74, 6) is -1.02. The number of carbonyl (C=O) groups excluding carboxylic acids is 3. The molecule has 0 radical (unpaired) electrons. The average molecular weight is 377 g/mol. The van der Waals surface area contributed by atoms with E-state index < -0.39 is 5.97 Å². The molecular weight excluding hydrogens is 354 g/mol. The van der Waals surface area contributed by atoms with Crippen LogP contribution in [0.15, 0.2) is 54.6 Å². The second-order valence-corrected chi connectivity index (χ2v) is 7.42. The fraction of sp³-hybridized carbons (Fsp3) is 0.348. The quantitative estimate of drug-likeness (QED) is 0.598. The minimum atomic E-state index is -0.454. The largest absolute Gasteiger partial charge is 0.462 e. The van der Waals surface area contributed by atoms with Crippen LogP contribution in [-0.4, -0.2) is 24.4 Å². The van der Waals surface area contributed by atoms with Crippen LogP contribution in [0.3, 0.4) is 0 Å². The maximum absolute atomic E-state index is 13.1. The van der Waals surface area contributed by atoms with Crippen LogP contribution in [-0.2, 0) is 14.3 Å². The minimum absolute atomic E-state index is 0.150. The summed E-state index contributed by atoms with van der Waals surface area (Å²) in [6.07, 6.45) is 2.30. The van der Waals surface area contributed by atoms with Gasteiger partial charge in [0.25, 0.3) is 0 Å². The third kappa shape index (κ3) is 3.21.